The lowest BCUT2D eigenvalue weighted by molar-refractivity contribution is -0.115. The summed E-state index contributed by atoms with van der Waals surface area (Å²) in [5.74, 6) is -0.391. The first-order valence-corrected chi connectivity index (χ1v) is 7.09. The molecule has 3 rings (SSSR count). The third-order valence-electron chi connectivity index (χ3n) is 3.82. The number of benzene rings is 1. The maximum atomic E-state index is 11.6. The minimum absolute atomic E-state index is 0.282. The van der Waals surface area contributed by atoms with Gasteiger partial charge in [0.05, 0.1) is 0 Å². The zero-order chi connectivity index (χ0) is 15.7. The van der Waals surface area contributed by atoms with Gasteiger partial charge in [0.15, 0.2) is 0 Å². The van der Waals surface area contributed by atoms with Gasteiger partial charge >= 0.3 is 6.03 Å². The Kier molecular flexibility index (Phi) is 3.55. The fraction of sp³-hybridized carbons (Fsp3) is 0.176. The van der Waals surface area contributed by atoms with Gasteiger partial charge < -0.3 is 9.88 Å². The van der Waals surface area contributed by atoms with E-state index in [1.54, 1.807) is 6.08 Å². The van der Waals surface area contributed by atoms with Gasteiger partial charge in [-0.25, -0.2) is 4.79 Å². The minimum Gasteiger partial charge on any atom is -0.344 e. The summed E-state index contributed by atoms with van der Waals surface area (Å²) in [4.78, 5) is 22.8. The van der Waals surface area contributed by atoms with Crippen LogP contribution in [0.5, 0.6) is 0 Å². The molecule has 1 saturated heterocycles. The van der Waals surface area contributed by atoms with Crippen LogP contribution in [0.4, 0.5) is 4.79 Å². The lowest BCUT2D eigenvalue weighted by Gasteiger charge is -2.09. The SMILES string of the molecule is Cc1cc(/C=C2/NC(=O)NC2=O)c(C)n1Cc1ccccc1. The van der Waals surface area contributed by atoms with Crippen molar-refractivity contribution in [3.05, 3.63) is 64.6 Å². The Labute approximate surface area is 128 Å². The Morgan fingerprint density at radius 2 is 1.82 bits per heavy atom. The van der Waals surface area contributed by atoms with Gasteiger partial charge in [0.1, 0.15) is 5.70 Å². The molecule has 0 unspecified atom stereocenters. The molecule has 1 aliphatic heterocycles. The summed E-state index contributed by atoms with van der Waals surface area (Å²) in [5, 5.41) is 4.71. The molecular formula is C17H17N3O2. The topological polar surface area (TPSA) is 63.1 Å². The van der Waals surface area contributed by atoms with Crippen molar-refractivity contribution in [3.8, 4) is 0 Å². The number of carbonyl (C=O) groups excluding carboxylic acids is 2. The largest absolute Gasteiger partial charge is 0.344 e. The van der Waals surface area contributed by atoms with Crippen LogP contribution in [0.25, 0.3) is 6.08 Å². The molecule has 5 nitrogen and oxygen atoms in total. The van der Waals surface area contributed by atoms with Gasteiger partial charge in [-0.3, -0.25) is 10.1 Å². The second kappa shape index (κ2) is 5.52. The van der Waals surface area contributed by atoms with Gasteiger partial charge in [-0.15, -0.1) is 0 Å². The van der Waals surface area contributed by atoms with Gasteiger partial charge in [0.2, 0.25) is 0 Å². The van der Waals surface area contributed by atoms with Crippen LogP contribution in [0.15, 0.2) is 42.1 Å². The van der Waals surface area contributed by atoms with Crippen molar-refractivity contribution in [1.29, 1.82) is 0 Å². The summed E-state index contributed by atoms with van der Waals surface area (Å²) in [6.45, 7) is 4.82. The van der Waals surface area contributed by atoms with E-state index in [1.807, 2.05) is 38.1 Å². The highest BCUT2D eigenvalue weighted by Crippen LogP contribution is 2.20. The van der Waals surface area contributed by atoms with E-state index in [2.05, 4.69) is 27.3 Å². The van der Waals surface area contributed by atoms with Crippen LogP contribution < -0.4 is 10.6 Å². The van der Waals surface area contributed by atoms with Crippen LogP contribution in [0.3, 0.4) is 0 Å². The molecule has 0 atom stereocenters. The van der Waals surface area contributed by atoms with Crippen molar-refractivity contribution in [2.24, 2.45) is 0 Å². The Morgan fingerprint density at radius 3 is 2.45 bits per heavy atom. The van der Waals surface area contributed by atoms with Crippen molar-refractivity contribution >= 4 is 18.0 Å². The van der Waals surface area contributed by atoms with Crippen molar-refractivity contribution in [2.45, 2.75) is 20.4 Å². The van der Waals surface area contributed by atoms with Crippen LogP contribution in [0.1, 0.15) is 22.5 Å². The molecule has 22 heavy (non-hydrogen) atoms. The zero-order valence-electron chi connectivity index (χ0n) is 12.5. The second-order valence-electron chi connectivity index (χ2n) is 5.36. The Hall–Kier alpha value is -2.82. The molecule has 1 aromatic carbocycles. The normalized spacial score (nSPS) is 16.0. The first-order chi connectivity index (χ1) is 10.5. The number of hydrogen-bond donors (Lipinski definition) is 2. The quantitative estimate of drug-likeness (QED) is 0.674. The number of rotatable bonds is 3. The molecule has 0 bridgehead atoms. The molecule has 0 aliphatic carbocycles. The summed E-state index contributed by atoms with van der Waals surface area (Å²) < 4.78 is 2.19. The number of urea groups is 1. The van der Waals surface area contributed by atoms with E-state index in [0.717, 1.165) is 23.5 Å². The molecule has 1 fully saturated rings. The number of nitrogens with zero attached hydrogens (tertiary/aromatic N) is 1. The van der Waals surface area contributed by atoms with Gasteiger partial charge in [0.25, 0.3) is 5.91 Å². The molecule has 112 valence electrons. The summed E-state index contributed by atoms with van der Waals surface area (Å²) in [6.07, 6.45) is 1.71. The Morgan fingerprint density at radius 1 is 1.09 bits per heavy atom. The van der Waals surface area contributed by atoms with E-state index in [0.29, 0.717) is 0 Å². The lowest BCUT2D eigenvalue weighted by atomic mass is 10.2. The fourth-order valence-electron chi connectivity index (χ4n) is 2.62. The molecule has 2 N–H and O–H groups in total. The molecule has 0 radical (unpaired) electrons. The van der Waals surface area contributed by atoms with Crippen molar-refractivity contribution in [3.63, 3.8) is 0 Å². The summed E-state index contributed by atoms with van der Waals surface area (Å²) in [6, 6.07) is 11.7. The Balaban J connectivity index is 1.92. The predicted octanol–water partition coefficient (Wildman–Crippen LogP) is 2.33. The third kappa shape index (κ3) is 2.65. The molecule has 3 amide bonds. The number of carbonyl (C=O) groups is 2. The summed E-state index contributed by atoms with van der Waals surface area (Å²) >= 11 is 0. The van der Waals surface area contributed by atoms with Gasteiger partial charge in [-0.05, 0) is 37.1 Å². The molecule has 2 heterocycles. The average Bonchev–Trinajstić information content (AvgIpc) is 2.94. The molecule has 1 aromatic heterocycles. The van der Waals surface area contributed by atoms with Crippen LogP contribution in [0, 0.1) is 13.8 Å². The first-order valence-electron chi connectivity index (χ1n) is 7.09. The lowest BCUT2D eigenvalue weighted by Crippen LogP contribution is -2.22. The molecule has 0 spiro atoms. The van der Waals surface area contributed by atoms with E-state index < -0.39 is 11.9 Å². The number of nitrogens with one attached hydrogen (secondary N) is 2. The minimum atomic E-state index is -0.477. The zero-order valence-corrected chi connectivity index (χ0v) is 12.5. The summed E-state index contributed by atoms with van der Waals surface area (Å²) in [5.41, 5.74) is 4.60. The van der Waals surface area contributed by atoms with E-state index in [1.165, 1.54) is 5.56 Å². The predicted molar refractivity (Wildman–Crippen MR) is 84.1 cm³/mol. The smallest absolute Gasteiger partial charge is 0.326 e. The van der Waals surface area contributed by atoms with E-state index >= 15 is 0 Å². The highest BCUT2D eigenvalue weighted by atomic mass is 16.2. The number of hydrogen-bond acceptors (Lipinski definition) is 2. The van der Waals surface area contributed by atoms with Gasteiger partial charge in [-0.1, -0.05) is 30.3 Å². The third-order valence-corrected chi connectivity index (χ3v) is 3.82. The first kappa shape index (κ1) is 14.1. The maximum absolute atomic E-state index is 11.6. The number of amides is 3. The molecule has 0 saturated carbocycles. The van der Waals surface area contributed by atoms with Crippen LogP contribution in [-0.2, 0) is 11.3 Å². The molecule has 1 aliphatic rings. The Bertz CT molecular complexity index is 773. The van der Waals surface area contributed by atoms with E-state index in [9.17, 15) is 9.59 Å². The number of aryl methyl sites for hydroxylation is 1. The van der Waals surface area contributed by atoms with Gasteiger partial charge in [0, 0.05) is 17.9 Å². The average molecular weight is 295 g/mol. The highest BCUT2D eigenvalue weighted by molar-refractivity contribution is 6.14. The van der Waals surface area contributed by atoms with Gasteiger partial charge in [-0.2, -0.15) is 0 Å². The summed E-state index contributed by atoms with van der Waals surface area (Å²) in [7, 11) is 0. The molecule has 2 aromatic rings. The highest BCUT2D eigenvalue weighted by Gasteiger charge is 2.23. The fourth-order valence-corrected chi connectivity index (χ4v) is 2.62. The molecule has 5 heteroatoms. The van der Waals surface area contributed by atoms with Crippen LogP contribution in [-0.4, -0.2) is 16.5 Å². The standard InChI is InChI=1S/C17H17N3O2/c1-11-8-14(9-15-16(21)19-17(22)18-15)12(2)20(11)10-13-6-4-3-5-7-13/h3-9H,10H2,1-2H3,(H2,18,19,21,22)/b15-9+. The van der Waals surface area contributed by atoms with Crippen LogP contribution >= 0.6 is 0 Å². The monoisotopic (exact) mass is 295 g/mol. The van der Waals surface area contributed by atoms with Crippen molar-refractivity contribution < 1.29 is 9.59 Å². The number of aromatic nitrogens is 1. The van der Waals surface area contributed by atoms with Crippen molar-refractivity contribution in [1.82, 2.24) is 15.2 Å². The van der Waals surface area contributed by atoms with Crippen molar-refractivity contribution in [2.75, 3.05) is 0 Å². The number of imide groups is 1. The maximum Gasteiger partial charge on any atom is 0.326 e. The van der Waals surface area contributed by atoms with E-state index in [4.69, 9.17) is 0 Å². The van der Waals surface area contributed by atoms with E-state index in [-0.39, 0.29) is 5.70 Å². The second-order valence-corrected chi connectivity index (χ2v) is 5.36. The van der Waals surface area contributed by atoms with Crippen LogP contribution in [0.2, 0.25) is 0 Å². The molecular weight excluding hydrogens is 278 g/mol.